The Balaban J connectivity index is 1.20. The number of hydrogen-bond acceptors (Lipinski definition) is 3. The van der Waals surface area contributed by atoms with Gasteiger partial charge in [0.2, 0.25) is 0 Å². The molecule has 8 aromatic carbocycles. The number of fused-ring (bicyclic) bond motifs is 7. The first-order chi connectivity index (χ1) is 31.4. The maximum absolute atomic E-state index is 5.19. The molecular weight excluding hydrogens is 795 g/mol. The second-order valence-electron chi connectivity index (χ2n) is 17.5. The van der Waals surface area contributed by atoms with E-state index in [-0.39, 0.29) is 5.41 Å². The van der Waals surface area contributed by atoms with Crippen molar-refractivity contribution in [1.29, 1.82) is 0 Å². The van der Waals surface area contributed by atoms with Crippen LogP contribution in [0.2, 0.25) is 0 Å². The van der Waals surface area contributed by atoms with Crippen molar-refractivity contribution in [3.05, 3.63) is 230 Å². The van der Waals surface area contributed by atoms with Crippen LogP contribution < -0.4 is 25.6 Å². The zero-order chi connectivity index (χ0) is 43.0. The summed E-state index contributed by atoms with van der Waals surface area (Å²) in [6, 6.07) is 78.1. The molecule has 6 heteroatoms. The van der Waals surface area contributed by atoms with Crippen molar-refractivity contribution in [2.45, 2.75) is 19.3 Å². The van der Waals surface area contributed by atoms with E-state index in [1.165, 1.54) is 54.0 Å². The summed E-state index contributed by atoms with van der Waals surface area (Å²) < 4.78 is 4.62. The lowest BCUT2D eigenvalue weighted by atomic mass is 9.73. The topological polar surface area (TPSA) is 38.9 Å². The minimum Gasteiger partial charge on any atom is -0.327 e. The van der Waals surface area contributed by atoms with E-state index in [1.54, 1.807) is 0 Å². The molecule has 1 aliphatic heterocycles. The molecule has 0 saturated heterocycles. The first kappa shape index (κ1) is 37.9. The van der Waals surface area contributed by atoms with E-state index in [9.17, 15) is 0 Å². The third-order valence-electron chi connectivity index (χ3n) is 13.7. The zero-order valence-electron chi connectivity index (χ0n) is 36.0. The van der Waals surface area contributed by atoms with Gasteiger partial charge in [-0.05, 0) is 86.5 Å². The third-order valence-corrected chi connectivity index (χ3v) is 18.5. The molecule has 12 rings (SSSR count). The van der Waals surface area contributed by atoms with Gasteiger partial charge in [-0.15, -0.1) is 0 Å². The summed E-state index contributed by atoms with van der Waals surface area (Å²) in [4.78, 5) is 12.7. The number of aryl methyl sites for hydroxylation is 1. The fourth-order valence-electron chi connectivity index (χ4n) is 10.8. The summed E-state index contributed by atoms with van der Waals surface area (Å²) in [6.07, 6.45) is 1.91. The van der Waals surface area contributed by atoms with Gasteiger partial charge in [-0.3, -0.25) is 4.57 Å². The molecule has 1 aliphatic rings. The summed E-state index contributed by atoms with van der Waals surface area (Å²) in [7, 11) is -0.934. The molecule has 306 valence electrons. The quantitative estimate of drug-likeness (QED) is 0.119. The molecular formula is C58H45N5Si. The van der Waals surface area contributed by atoms with Gasteiger partial charge in [-0.2, -0.15) is 0 Å². The maximum Gasteiger partial charge on any atom is 0.179 e. The molecule has 0 spiro atoms. The Bertz CT molecular complexity index is 3500. The van der Waals surface area contributed by atoms with Gasteiger partial charge in [0.25, 0.3) is 0 Å². The Morgan fingerprint density at radius 1 is 0.500 bits per heavy atom. The molecule has 0 amide bonds. The zero-order valence-corrected chi connectivity index (χ0v) is 37.0. The van der Waals surface area contributed by atoms with Crippen molar-refractivity contribution in [3.63, 3.8) is 0 Å². The molecule has 0 aliphatic carbocycles. The lowest BCUT2D eigenvalue weighted by Crippen LogP contribution is -2.74. The molecule has 3 aromatic heterocycles. The fourth-order valence-corrected chi connectivity index (χ4v) is 15.6. The highest BCUT2D eigenvalue weighted by molar-refractivity contribution is 7.20. The Kier molecular flexibility index (Phi) is 8.68. The SMILES string of the molecule is Cn1c(-c2cccc([Si](c3ccccc3)(c3ccccc3)c3ccc4c5c6c(ccc5n(-c5ccccn5)c4c3)C(C)(C)c3ccccc3N6c3ccccc3)c2)nc2ccccc21. The standard InChI is InChI=1S/C58H45N5Si/c1-58(2)47-28-13-15-30-50(47)62(41-21-7-4-8-22-41)56-48(58)35-36-52-55(56)46-34-33-45(39-53(46)63(52)54-32-17-18-37-59-54)64(42-23-9-5-10-24-42,43-25-11-6-12-26-43)44-27-19-20-40(38-44)57-60-49-29-14-16-31-51(49)61(57)3/h4-39H,1-3H3. The lowest BCUT2D eigenvalue weighted by molar-refractivity contribution is 0.633. The van der Waals surface area contributed by atoms with Crippen LogP contribution in [-0.2, 0) is 12.5 Å². The van der Waals surface area contributed by atoms with E-state index < -0.39 is 8.07 Å². The molecule has 0 atom stereocenters. The molecule has 0 fully saturated rings. The summed E-state index contributed by atoms with van der Waals surface area (Å²) in [5.74, 6) is 1.84. The van der Waals surface area contributed by atoms with Crippen molar-refractivity contribution < 1.29 is 0 Å². The number of para-hydroxylation sites is 4. The van der Waals surface area contributed by atoms with Gasteiger partial charge in [0.05, 0.1) is 33.4 Å². The summed E-state index contributed by atoms with van der Waals surface area (Å²) in [5, 5.41) is 7.61. The average Bonchev–Trinajstić information content (AvgIpc) is 3.87. The fraction of sp³-hybridized carbons (Fsp3) is 0.0690. The lowest BCUT2D eigenvalue weighted by Gasteiger charge is -2.42. The first-order valence-electron chi connectivity index (χ1n) is 22.1. The summed E-state index contributed by atoms with van der Waals surface area (Å²) in [5.41, 5.74) is 11.4. The Labute approximate surface area is 374 Å². The number of aromatic nitrogens is 4. The molecule has 64 heavy (non-hydrogen) atoms. The van der Waals surface area contributed by atoms with Gasteiger partial charge in [0, 0.05) is 40.7 Å². The van der Waals surface area contributed by atoms with Gasteiger partial charge in [0.15, 0.2) is 8.07 Å². The van der Waals surface area contributed by atoms with Crippen molar-refractivity contribution in [2.24, 2.45) is 7.05 Å². The largest absolute Gasteiger partial charge is 0.327 e. The number of rotatable bonds is 7. The van der Waals surface area contributed by atoms with Crippen LogP contribution in [0.1, 0.15) is 25.0 Å². The first-order valence-corrected chi connectivity index (χ1v) is 24.1. The second kappa shape index (κ2) is 14.7. The Morgan fingerprint density at radius 3 is 1.89 bits per heavy atom. The van der Waals surface area contributed by atoms with Gasteiger partial charge >= 0.3 is 0 Å². The minimum absolute atomic E-state index is 0.252. The van der Waals surface area contributed by atoms with E-state index >= 15 is 0 Å². The van der Waals surface area contributed by atoms with E-state index in [2.05, 4.69) is 241 Å². The molecule has 4 heterocycles. The maximum atomic E-state index is 5.19. The van der Waals surface area contributed by atoms with Gasteiger partial charge in [0.1, 0.15) is 11.6 Å². The van der Waals surface area contributed by atoms with Crippen molar-refractivity contribution >= 4 is 78.7 Å². The van der Waals surface area contributed by atoms with E-state index in [0.717, 1.165) is 45.0 Å². The predicted molar refractivity (Wildman–Crippen MR) is 269 cm³/mol. The minimum atomic E-state index is -3.06. The number of benzene rings is 8. The van der Waals surface area contributed by atoms with Crippen LogP contribution in [0, 0.1) is 0 Å². The van der Waals surface area contributed by atoms with Crippen LogP contribution in [0.4, 0.5) is 17.1 Å². The molecule has 0 saturated carbocycles. The van der Waals surface area contributed by atoms with Gasteiger partial charge in [-0.1, -0.05) is 172 Å². The number of hydrogen-bond donors (Lipinski definition) is 0. The van der Waals surface area contributed by atoms with Gasteiger partial charge in [-0.25, -0.2) is 9.97 Å². The number of nitrogens with zero attached hydrogens (tertiary/aromatic N) is 5. The van der Waals surface area contributed by atoms with Crippen LogP contribution >= 0.6 is 0 Å². The van der Waals surface area contributed by atoms with Crippen LogP contribution in [-0.4, -0.2) is 27.2 Å². The number of anilines is 3. The molecule has 0 N–H and O–H groups in total. The van der Waals surface area contributed by atoms with E-state index in [1.807, 2.05) is 12.3 Å². The predicted octanol–water partition coefficient (Wildman–Crippen LogP) is 11.2. The highest BCUT2D eigenvalue weighted by atomic mass is 28.3. The molecule has 11 aromatic rings. The van der Waals surface area contributed by atoms with E-state index in [0.29, 0.717) is 0 Å². The summed E-state index contributed by atoms with van der Waals surface area (Å²) >= 11 is 0. The van der Waals surface area contributed by atoms with Crippen molar-refractivity contribution in [1.82, 2.24) is 19.1 Å². The van der Waals surface area contributed by atoms with Crippen molar-refractivity contribution in [3.8, 4) is 17.2 Å². The molecule has 0 bridgehead atoms. The van der Waals surface area contributed by atoms with Gasteiger partial charge < -0.3 is 9.47 Å². The van der Waals surface area contributed by atoms with Crippen LogP contribution in [0.15, 0.2) is 219 Å². The summed E-state index contributed by atoms with van der Waals surface area (Å²) in [6.45, 7) is 4.74. The second-order valence-corrected chi connectivity index (χ2v) is 21.3. The Morgan fingerprint density at radius 2 is 1.16 bits per heavy atom. The van der Waals surface area contributed by atoms with Crippen molar-refractivity contribution in [2.75, 3.05) is 4.90 Å². The monoisotopic (exact) mass is 839 g/mol. The molecule has 0 unspecified atom stereocenters. The average molecular weight is 840 g/mol. The van der Waals surface area contributed by atoms with Crippen LogP contribution in [0.3, 0.4) is 0 Å². The highest BCUT2D eigenvalue weighted by Crippen LogP contribution is 2.55. The number of imidazole rings is 1. The van der Waals surface area contributed by atoms with Crippen LogP contribution in [0.25, 0.3) is 50.0 Å². The van der Waals surface area contributed by atoms with Crippen LogP contribution in [0.5, 0.6) is 0 Å². The molecule has 5 nitrogen and oxygen atoms in total. The third kappa shape index (κ3) is 5.55. The number of pyridine rings is 1. The normalized spacial score (nSPS) is 13.3. The Hall–Kier alpha value is -7.80. The highest BCUT2D eigenvalue weighted by Gasteiger charge is 2.43. The van der Waals surface area contributed by atoms with E-state index in [4.69, 9.17) is 9.97 Å². The molecule has 0 radical (unpaired) electrons. The smallest absolute Gasteiger partial charge is 0.179 e.